The summed E-state index contributed by atoms with van der Waals surface area (Å²) in [7, 11) is 3.44. The molecule has 2 aromatic carbocycles. The van der Waals surface area contributed by atoms with Crippen molar-refractivity contribution in [3.05, 3.63) is 72.6 Å². The smallest absolute Gasteiger partial charge is 0.245 e. The number of aromatic nitrogens is 5. The highest BCUT2D eigenvalue weighted by molar-refractivity contribution is 7.76. The van der Waals surface area contributed by atoms with Gasteiger partial charge in [-0.15, -0.1) is 5.10 Å². The van der Waals surface area contributed by atoms with Gasteiger partial charge < -0.3 is 9.87 Å². The number of anilines is 2. The number of benzene rings is 2. The first kappa shape index (κ1) is 20.3. The number of aryl methyl sites for hydroxylation is 1. The Morgan fingerprint density at radius 1 is 1.12 bits per heavy atom. The van der Waals surface area contributed by atoms with E-state index in [4.69, 9.17) is 0 Å². The molecule has 3 aromatic heterocycles. The lowest BCUT2D eigenvalue weighted by Gasteiger charge is -2.20. The summed E-state index contributed by atoms with van der Waals surface area (Å²) in [5.41, 5.74) is 5.34. The second kappa shape index (κ2) is 8.15. The Kier molecular flexibility index (Phi) is 5.17. The molecule has 1 unspecified atom stereocenters. The summed E-state index contributed by atoms with van der Waals surface area (Å²) in [4.78, 5) is 4.44. The van der Waals surface area contributed by atoms with Gasteiger partial charge in [0.2, 0.25) is 5.95 Å². The van der Waals surface area contributed by atoms with E-state index in [0.717, 1.165) is 38.9 Å². The van der Waals surface area contributed by atoms with Gasteiger partial charge in [-0.25, -0.2) is 13.8 Å². The predicted molar refractivity (Wildman–Crippen MR) is 123 cm³/mol. The lowest BCUT2D eigenvalue weighted by atomic mass is 10.0. The molecular weight excluding hydrogens is 426 g/mol. The van der Waals surface area contributed by atoms with E-state index in [1.807, 2.05) is 77.0 Å². The number of hydrogen-bond acceptors (Lipinski definition) is 6. The number of fused-ring (bicyclic) bond motifs is 2. The van der Waals surface area contributed by atoms with Crippen molar-refractivity contribution in [2.24, 2.45) is 7.05 Å². The van der Waals surface area contributed by atoms with E-state index in [1.54, 1.807) is 13.2 Å². The van der Waals surface area contributed by atoms with Crippen LogP contribution in [0.15, 0.2) is 67.0 Å². The van der Waals surface area contributed by atoms with Crippen LogP contribution in [0.4, 0.5) is 11.6 Å². The molecule has 3 heterocycles. The fraction of sp³-hybridized carbons (Fsp3) is 0.136. The normalized spacial score (nSPS) is 12.6. The van der Waals surface area contributed by atoms with E-state index in [1.165, 1.54) is 4.31 Å². The summed E-state index contributed by atoms with van der Waals surface area (Å²) >= 11 is -2.29. The third-order valence-corrected chi connectivity index (χ3v) is 5.98. The zero-order valence-electron chi connectivity index (χ0n) is 17.5. The number of nitrogens with one attached hydrogen (secondary N) is 1. The third-order valence-electron chi connectivity index (χ3n) is 5.34. The fourth-order valence-corrected chi connectivity index (χ4v) is 3.96. The van der Waals surface area contributed by atoms with Gasteiger partial charge in [0.25, 0.3) is 0 Å². The Bertz CT molecular complexity index is 1460. The second-order valence-corrected chi connectivity index (χ2v) is 8.52. The van der Waals surface area contributed by atoms with Crippen molar-refractivity contribution in [1.29, 1.82) is 0 Å². The summed E-state index contributed by atoms with van der Waals surface area (Å²) in [6, 6.07) is 17.6. The minimum atomic E-state index is -2.29. The quantitative estimate of drug-likeness (QED) is 0.402. The van der Waals surface area contributed by atoms with Crippen LogP contribution in [-0.4, -0.2) is 44.5 Å². The van der Waals surface area contributed by atoms with Gasteiger partial charge in [0, 0.05) is 41.5 Å². The zero-order valence-corrected chi connectivity index (χ0v) is 18.3. The molecule has 9 nitrogen and oxygen atoms in total. The van der Waals surface area contributed by atoms with Crippen molar-refractivity contribution >= 4 is 39.3 Å². The lowest BCUT2D eigenvalue weighted by molar-refractivity contribution is 0.431. The number of nitrogens with zero attached hydrogens (tertiary/aromatic N) is 6. The summed E-state index contributed by atoms with van der Waals surface area (Å²) < 4.78 is 27.5. The van der Waals surface area contributed by atoms with Crippen molar-refractivity contribution in [1.82, 2.24) is 28.7 Å². The van der Waals surface area contributed by atoms with Crippen LogP contribution in [0.2, 0.25) is 0 Å². The van der Waals surface area contributed by atoms with Crippen LogP contribution in [0.5, 0.6) is 0 Å². The van der Waals surface area contributed by atoms with Crippen LogP contribution in [-0.2, 0) is 24.9 Å². The minimum Gasteiger partial charge on any atom is -0.760 e. The second-order valence-electron chi connectivity index (χ2n) is 7.46. The van der Waals surface area contributed by atoms with Crippen LogP contribution in [0.25, 0.3) is 27.7 Å². The average Bonchev–Trinajstić information content (AvgIpc) is 3.37. The van der Waals surface area contributed by atoms with Crippen LogP contribution in [0.3, 0.4) is 0 Å². The molecule has 32 heavy (non-hydrogen) atoms. The Balaban J connectivity index is 1.52. The highest BCUT2D eigenvalue weighted by Gasteiger charge is 2.13. The first-order valence-electron chi connectivity index (χ1n) is 9.92. The third kappa shape index (κ3) is 3.75. The monoisotopic (exact) mass is 446 g/mol. The molecule has 5 aromatic rings. The zero-order chi connectivity index (χ0) is 22.2. The van der Waals surface area contributed by atoms with E-state index in [9.17, 15) is 8.76 Å². The molecule has 0 amide bonds. The molecule has 1 N–H and O–H groups in total. The van der Waals surface area contributed by atoms with E-state index in [0.29, 0.717) is 5.95 Å². The molecule has 0 aliphatic rings. The SMILES string of the molecule is CN(Cc1ccccc1-c1ccc2cnc(Nc3ccc4cnn(C)c4c3)nn12)S(=O)[O-]. The first-order valence-corrected chi connectivity index (χ1v) is 10.9. The van der Waals surface area contributed by atoms with Gasteiger partial charge in [0.05, 0.1) is 29.1 Å². The van der Waals surface area contributed by atoms with Crippen molar-refractivity contribution < 1.29 is 8.76 Å². The molecule has 0 bridgehead atoms. The van der Waals surface area contributed by atoms with Crippen molar-refractivity contribution in [2.75, 3.05) is 12.4 Å². The predicted octanol–water partition coefficient (Wildman–Crippen LogP) is 3.25. The van der Waals surface area contributed by atoms with Gasteiger partial charge in [-0.1, -0.05) is 24.3 Å². The Morgan fingerprint density at radius 2 is 1.97 bits per heavy atom. The van der Waals surface area contributed by atoms with Gasteiger partial charge >= 0.3 is 0 Å². The Morgan fingerprint density at radius 3 is 2.81 bits per heavy atom. The van der Waals surface area contributed by atoms with E-state index in [2.05, 4.69) is 20.5 Å². The van der Waals surface area contributed by atoms with Crippen LogP contribution in [0.1, 0.15) is 5.56 Å². The van der Waals surface area contributed by atoms with E-state index in [-0.39, 0.29) is 6.54 Å². The highest BCUT2D eigenvalue weighted by Crippen LogP contribution is 2.27. The minimum absolute atomic E-state index is 0.264. The summed E-state index contributed by atoms with van der Waals surface area (Å²) in [6.45, 7) is 0.264. The molecule has 10 heteroatoms. The van der Waals surface area contributed by atoms with Crippen LogP contribution >= 0.6 is 0 Å². The maximum atomic E-state index is 11.3. The van der Waals surface area contributed by atoms with E-state index >= 15 is 0 Å². The maximum absolute atomic E-state index is 11.3. The number of hydrogen-bond donors (Lipinski definition) is 1. The van der Waals surface area contributed by atoms with Gasteiger partial charge in [-0.05, 0) is 42.9 Å². The largest absolute Gasteiger partial charge is 0.760 e. The first-order chi connectivity index (χ1) is 15.5. The van der Waals surface area contributed by atoms with Gasteiger partial charge in [-0.2, -0.15) is 5.10 Å². The van der Waals surface area contributed by atoms with Crippen molar-refractivity contribution in [3.8, 4) is 11.3 Å². The van der Waals surface area contributed by atoms with Gasteiger partial charge in [0.1, 0.15) is 0 Å². The summed E-state index contributed by atoms with van der Waals surface area (Å²) in [5, 5.41) is 13.3. The summed E-state index contributed by atoms with van der Waals surface area (Å²) in [6.07, 6.45) is 3.58. The van der Waals surface area contributed by atoms with Crippen LogP contribution < -0.4 is 5.32 Å². The molecule has 0 saturated heterocycles. The average molecular weight is 447 g/mol. The van der Waals surface area contributed by atoms with Crippen LogP contribution in [0, 0.1) is 0 Å². The van der Waals surface area contributed by atoms with Gasteiger partial charge in [0.15, 0.2) is 0 Å². The molecule has 162 valence electrons. The van der Waals surface area contributed by atoms with Crippen molar-refractivity contribution in [2.45, 2.75) is 6.54 Å². The fourth-order valence-electron chi connectivity index (χ4n) is 3.71. The van der Waals surface area contributed by atoms with Gasteiger partial charge in [-0.3, -0.25) is 8.89 Å². The Labute approximate surface area is 186 Å². The molecule has 5 rings (SSSR count). The standard InChI is InChI=1S/C22H21N7O2S/c1-27(32(30)31)14-16-5-3-4-6-19(16)20-10-9-18-13-23-22(26-29(18)20)25-17-8-7-15-12-24-28(2)21(15)11-17/h3-13H,14H2,1-2H3,(H,25,26)(H,30,31)/p-1. The molecule has 0 saturated carbocycles. The highest BCUT2D eigenvalue weighted by atomic mass is 32.2. The molecule has 1 atom stereocenters. The molecular formula is C22H20N7O2S-. The molecule has 0 aliphatic heterocycles. The molecule has 0 fully saturated rings. The van der Waals surface area contributed by atoms with Crippen molar-refractivity contribution in [3.63, 3.8) is 0 Å². The lowest BCUT2D eigenvalue weighted by Crippen LogP contribution is -2.20. The molecule has 0 aliphatic carbocycles. The Hall–Kier alpha value is -3.60. The topological polar surface area (TPSA) is 103 Å². The summed E-state index contributed by atoms with van der Waals surface area (Å²) in [5.74, 6) is 0.451. The molecule has 0 radical (unpaired) electrons. The molecule has 0 spiro atoms. The van der Waals surface area contributed by atoms with E-state index < -0.39 is 11.3 Å². The maximum Gasteiger partial charge on any atom is 0.245 e. The number of rotatable bonds is 6.